The zero-order valence-corrected chi connectivity index (χ0v) is 16.8. The molecule has 1 N–H and O–H groups in total. The number of halogens is 2. The molecule has 0 aliphatic rings. The molecule has 26 heavy (non-hydrogen) atoms. The molecular formula is C20H22Cl2N2O2. The average Bonchev–Trinajstić information content (AvgIpc) is 2.55. The largest absolute Gasteiger partial charge is 0.324 e. The minimum absolute atomic E-state index is 0.0187. The summed E-state index contributed by atoms with van der Waals surface area (Å²) >= 11 is 11.8. The fourth-order valence-corrected chi connectivity index (χ4v) is 2.74. The highest BCUT2D eigenvalue weighted by molar-refractivity contribution is 6.42. The molecule has 0 aromatic heterocycles. The summed E-state index contributed by atoms with van der Waals surface area (Å²) in [5, 5.41) is 3.49. The van der Waals surface area contributed by atoms with Crippen LogP contribution in [-0.4, -0.2) is 18.4 Å². The Kier molecular flexibility index (Phi) is 6.32. The molecule has 2 amide bonds. The average molecular weight is 393 g/mol. The molecule has 2 aromatic carbocycles. The first kappa shape index (κ1) is 20.3. The maximum atomic E-state index is 12.3. The number of carbonyl (C=O) groups excluding carboxylic acids is 2. The van der Waals surface area contributed by atoms with E-state index in [-0.39, 0.29) is 23.8 Å². The highest BCUT2D eigenvalue weighted by Gasteiger charge is 2.18. The van der Waals surface area contributed by atoms with Gasteiger partial charge in [0, 0.05) is 18.3 Å². The van der Waals surface area contributed by atoms with Crippen molar-refractivity contribution in [2.24, 2.45) is 0 Å². The van der Waals surface area contributed by atoms with Gasteiger partial charge in [0.15, 0.2) is 0 Å². The van der Waals surface area contributed by atoms with Gasteiger partial charge in [-0.25, -0.2) is 0 Å². The number of amides is 2. The van der Waals surface area contributed by atoms with Gasteiger partial charge in [0.05, 0.1) is 10.0 Å². The summed E-state index contributed by atoms with van der Waals surface area (Å²) in [7, 11) is 0. The van der Waals surface area contributed by atoms with Gasteiger partial charge in [0.2, 0.25) is 11.8 Å². The van der Waals surface area contributed by atoms with Crippen molar-refractivity contribution >= 4 is 46.4 Å². The fourth-order valence-electron chi connectivity index (χ4n) is 2.44. The van der Waals surface area contributed by atoms with Crippen LogP contribution in [-0.2, 0) is 15.0 Å². The molecule has 0 atom stereocenters. The molecule has 138 valence electrons. The van der Waals surface area contributed by atoms with Crippen molar-refractivity contribution in [3.8, 4) is 0 Å². The molecular weight excluding hydrogens is 371 g/mol. The lowest BCUT2D eigenvalue weighted by Gasteiger charge is -2.23. The van der Waals surface area contributed by atoms with Gasteiger partial charge in [-0.05, 0) is 41.3 Å². The summed E-state index contributed by atoms with van der Waals surface area (Å²) in [5.74, 6) is -0.531. The predicted octanol–water partition coefficient (Wildman–Crippen LogP) is 5.28. The molecule has 0 fully saturated rings. The predicted molar refractivity (Wildman–Crippen MR) is 108 cm³/mol. The summed E-state index contributed by atoms with van der Waals surface area (Å²) in [6, 6.07) is 12.5. The maximum absolute atomic E-state index is 12.3. The van der Waals surface area contributed by atoms with Crippen LogP contribution in [0, 0.1) is 0 Å². The SMILES string of the molecule is CC(=O)N(CC(=O)Nc1ccc(Cl)c(Cl)c1)c1ccc(C(C)(C)C)cc1. The lowest BCUT2D eigenvalue weighted by atomic mass is 9.87. The van der Waals surface area contributed by atoms with Gasteiger partial charge in [0.25, 0.3) is 0 Å². The standard InChI is InChI=1S/C20H22Cl2N2O2/c1-13(25)24(16-8-5-14(6-9-16)20(2,3)4)12-19(26)23-15-7-10-17(21)18(22)11-15/h5-11H,12H2,1-4H3,(H,23,26). The third kappa shape index (κ3) is 5.23. The number of anilines is 2. The number of nitrogens with one attached hydrogen (secondary N) is 1. The van der Waals surface area contributed by atoms with Crippen LogP contribution in [0.2, 0.25) is 10.0 Å². The summed E-state index contributed by atoms with van der Waals surface area (Å²) < 4.78 is 0. The lowest BCUT2D eigenvalue weighted by molar-refractivity contribution is -0.120. The molecule has 0 radical (unpaired) electrons. The van der Waals surface area contributed by atoms with E-state index in [4.69, 9.17) is 23.2 Å². The Morgan fingerprint density at radius 3 is 2.12 bits per heavy atom. The van der Waals surface area contributed by atoms with E-state index < -0.39 is 0 Å². The van der Waals surface area contributed by atoms with Crippen molar-refractivity contribution in [2.45, 2.75) is 33.1 Å². The molecule has 0 unspecified atom stereocenters. The van der Waals surface area contributed by atoms with Gasteiger partial charge in [-0.2, -0.15) is 0 Å². The number of carbonyl (C=O) groups is 2. The summed E-state index contributed by atoms with van der Waals surface area (Å²) in [6.45, 7) is 7.70. The Balaban J connectivity index is 2.13. The number of benzene rings is 2. The summed E-state index contributed by atoms with van der Waals surface area (Å²) in [6.07, 6.45) is 0. The third-order valence-electron chi connectivity index (χ3n) is 3.93. The van der Waals surface area contributed by atoms with E-state index in [9.17, 15) is 9.59 Å². The van der Waals surface area contributed by atoms with Crippen LogP contribution < -0.4 is 10.2 Å². The number of rotatable bonds is 4. The molecule has 2 rings (SSSR count). The first-order valence-electron chi connectivity index (χ1n) is 8.21. The van der Waals surface area contributed by atoms with Crippen LogP contribution in [0.25, 0.3) is 0 Å². The molecule has 6 heteroatoms. The van der Waals surface area contributed by atoms with E-state index in [1.54, 1.807) is 18.2 Å². The van der Waals surface area contributed by atoms with Gasteiger partial charge < -0.3 is 10.2 Å². The van der Waals surface area contributed by atoms with Crippen molar-refractivity contribution in [1.82, 2.24) is 0 Å². The van der Waals surface area contributed by atoms with E-state index in [2.05, 4.69) is 26.1 Å². The van der Waals surface area contributed by atoms with Gasteiger partial charge in [-0.3, -0.25) is 9.59 Å². The Bertz CT molecular complexity index is 812. The molecule has 0 aliphatic carbocycles. The topological polar surface area (TPSA) is 49.4 Å². The molecule has 0 bridgehead atoms. The van der Waals surface area contributed by atoms with Crippen molar-refractivity contribution in [3.63, 3.8) is 0 Å². The monoisotopic (exact) mass is 392 g/mol. The van der Waals surface area contributed by atoms with Crippen LogP contribution in [0.5, 0.6) is 0 Å². The number of hydrogen-bond donors (Lipinski definition) is 1. The van der Waals surface area contributed by atoms with Crippen molar-refractivity contribution in [3.05, 3.63) is 58.1 Å². The summed E-state index contributed by atoms with van der Waals surface area (Å²) in [5.41, 5.74) is 2.38. The van der Waals surface area contributed by atoms with E-state index in [1.807, 2.05) is 24.3 Å². The van der Waals surface area contributed by atoms with Crippen LogP contribution in [0.3, 0.4) is 0 Å². The maximum Gasteiger partial charge on any atom is 0.244 e. The van der Waals surface area contributed by atoms with Crippen LogP contribution in [0.1, 0.15) is 33.3 Å². The Hall–Kier alpha value is -2.04. The van der Waals surface area contributed by atoms with Crippen molar-refractivity contribution in [2.75, 3.05) is 16.8 Å². The molecule has 0 aliphatic heterocycles. The van der Waals surface area contributed by atoms with E-state index in [0.29, 0.717) is 21.4 Å². The highest BCUT2D eigenvalue weighted by atomic mass is 35.5. The fraction of sp³-hybridized carbons (Fsp3) is 0.300. The molecule has 4 nitrogen and oxygen atoms in total. The number of hydrogen-bond acceptors (Lipinski definition) is 2. The lowest BCUT2D eigenvalue weighted by Crippen LogP contribution is -2.36. The zero-order chi connectivity index (χ0) is 19.5. The van der Waals surface area contributed by atoms with Crippen LogP contribution in [0.4, 0.5) is 11.4 Å². The minimum Gasteiger partial charge on any atom is -0.324 e. The van der Waals surface area contributed by atoms with Gasteiger partial charge >= 0.3 is 0 Å². The first-order chi connectivity index (χ1) is 12.1. The molecule has 0 heterocycles. The van der Waals surface area contributed by atoms with Crippen molar-refractivity contribution in [1.29, 1.82) is 0 Å². The highest BCUT2D eigenvalue weighted by Crippen LogP contribution is 2.26. The van der Waals surface area contributed by atoms with Crippen LogP contribution >= 0.6 is 23.2 Å². The minimum atomic E-state index is -0.321. The smallest absolute Gasteiger partial charge is 0.244 e. The Morgan fingerprint density at radius 1 is 1.00 bits per heavy atom. The number of nitrogens with zero attached hydrogens (tertiary/aromatic N) is 1. The quantitative estimate of drug-likeness (QED) is 0.768. The van der Waals surface area contributed by atoms with Crippen LogP contribution in [0.15, 0.2) is 42.5 Å². The molecule has 2 aromatic rings. The zero-order valence-electron chi connectivity index (χ0n) is 15.3. The summed E-state index contributed by atoms with van der Waals surface area (Å²) in [4.78, 5) is 25.8. The van der Waals surface area contributed by atoms with E-state index in [1.165, 1.54) is 11.8 Å². The van der Waals surface area contributed by atoms with E-state index >= 15 is 0 Å². The Morgan fingerprint density at radius 2 is 1.62 bits per heavy atom. The molecule has 0 spiro atoms. The van der Waals surface area contributed by atoms with Gasteiger partial charge in [-0.15, -0.1) is 0 Å². The van der Waals surface area contributed by atoms with Crippen molar-refractivity contribution < 1.29 is 9.59 Å². The molecule has 0 saturated carbocycles. The van der Waals surface area contributed by atoms with Gasteiger partial charge in [-0.1, -0.05) is 56.1 Å². The second kappa shape index (κ2) is 8.11. The first-order valence-corrected chi connectivity index (χ1v) is 8.97. The normalized spacial score (nSPS) is 11.2. The third-order valence-corrected chi connectivity index (χ3v) is 4.67. The Labute approximate surface area is 164 Å². The van der Waals surface area contributed by atoms with E-state index in [0.717, 1.165) is 5.56 Å². The molecule has 0 saturated heterocycles. The van der Waals surface area contributed by atoms with Gasteiger partial charge in [0.1, 0.15) is 6.54 Å². The second-order valence-corrected chi connectivity index (χ2v) is 7.89. The second-order valence-electron chi connectivity index (χ2n) is 7.08.